The van der Waals surface area contributed by atoms with Crippen molar-refractivity contribution in [2.75, 3.05) is 0 Å². The van der Waals surface area contributed by atoms with Crippen LogP contribution in [0.4, 0.5) is 9.18 Å². The molecule has 0 heterocycles. The lowest BCUT2D eigenvalue weighted by Crippen LogP contribution is -2.29. The molecule has 4 heteroatoms. The first-order chi connectivity index (χ1) is 10.1. The van der Waals surface area contributed by atoms with E-state index in [1.807, 2.05) is 24.3 Å². The molecule has 1 aliphatic rings. The Balaban J connectivity index is 1.98. The topological polar surface area (TPSA) is 49.3 Å². The van der Waals surface area contributed by atoms with Crippen molar-refractivity contribution < 1.29 is 14.3 Å². The predicted octanol–water partition coefficient (Wildman–Crippen LogP) is 4.14. The summed E-state index contributed by atoms with van der Waals surface area (Å²) in [5.41, 5.74) is 3.51. The molecule has 108 valence electrons. The van der Waals surface area contributed by atoms with Crippen LogP contribution in [-0.2, 0) is 6.42 Å². The maximum Gasteiger partial charge on any atom is 0.405 e. The van der Waals surface area contributed by atoms with E-state index >= 15 is 0 Å². The van der Waals surface area contributed by atoms with Gasteiger partial charge in [0.05, 0.1) is 6.04 Å². The average molecular weight is 285 g/mol. The summed E-state index contributed by atoms with van der Waals surface area (Å²) in [4.78, 5) is 10.8. The van der Waals surface area contributed by atoms with Crippen LogP contribution in [-0.4, -0.2) is 11.2 Å². The van der Waals surface area contributed by atoms with Gasteiger partial charge in [0.1, 0.15) is 5.82 Å². The van der Waals surface area contributed by atoms with Gasteiger partial charge in [-0.05, 0) is 42.0 Å². The summed E-state index contributed by atoms with van der Waals surface area (Å²) < 4.78 is 13.9. The van der Waals surface area contributed by atoms with Gasteiger partial charge in [-0.25, -0.2) is 9.18 Å². The van der Waals surface area contributed by atoms with Gasteiger partial charge < -0.3 is 10.4 Å². The summed E-state index contributed by atoms with van der Waals surface area (Å²) in [5.74, 6) is -0.242. The summed E-state index contributed by atoms with van der Waals surface area (Å²) in [6.45, 7) is 0. The minimum absolute atomic E-state index is 0.166. The molecule has 2 aromatic carbocycles. The van der Waals surface area contributed by atoms with Crippen LogP contribution in [0, 0.1) is 5.82 Å². The second-order valence-electron chi connectivity index (χ2n) is 5.29. The summed E-state index contributed by atoms with van der Waals surface area (Å²) in [7, 11) is 0. The zero-order valence-electron chi connectivity index (χ0n) is 11.5. The van der Waals surface area contributed by atoms with Crippen LogP contribution in [0.15, 0.2) is 42.5 Å². The van der Waals surface area contributed by atoms with Gasteiger partial charge in [0, 0.05) is 5.56 Å². The number of carboxylic acid groups (broad SMARTS) is 1. The van der Waals surface area contributed by atoms with E-state index in [-0.39, 0.29) is 11.9 Å². The van der Waals surface area contributed by atoms with Gasteiger partial charge in [-0.15, -0.1) is 0 Å². The van der Waals surface area contributed by atoms with Crippen molar-refractivity contribution in [2.45, 2.75) is 25.3 Å². The lowest BCUT2D eigenvalue weighted by atomic mass is 9.85. The third-order valence-electron chi connectivity index (χ3n) is 3.94. The lowest BCUT2D eigenvalue weighted by Gasteiger charge is -2.26. The molecule has 0 fully saturated rings. The molecule has 21 heavy (non-hydrogen) atoms. The molecule has 1 atom stereocenters. The van der Waals surface area contributed by atoms with Crippen LogP contribution in [0.5, 0.6) is 0 Å². The number of nitrogens with one attached hydrogen (secondary N) is 1. The molecular formula is C17H16FNO2. The van der Waals surface area contributed by atoms with Crippen LogP contribution < -0.4 is 5.32 Å². The Bertz CT molecular complexity index is 684. The van der Waals surface area contributed by atoms with Gasteiger partial charge in [-0.3, -0.25) is 0 Å². The molecule has 3 nitrogen and oxygen atoms in total. The summed E-state index contributed by atoms with van der Waals surface area (Å²) in [6, 6.07) is 12.3. The fraction of sp³-hybridized carbons (Fsp3) is 0.235. The Morgan fingerprint density at radius 1 is 1.24 bits per heavy atom. The zero-order chi connectivity index (χ0) is 14.8. The van der Waals surface area contributed by atoms with Gasteiger partial charge in [-0.1, -0.05) is 36.4 Å². The molecule has 3 rings (SSSR count). The molecule has 0 bridgehead atoms. The number of hydrogen-bond acceptors (Lipinski definition) is 1. The number of amides is 1. The highest BCUT2D eigenvalue weighted by Crippen LogP contribution is 2.33. The van der Waals surface area contributed by atoms with Crippen molar-refractivity contribution in [2.24, 2.45) is 0 Å². The number of aryl methyl sites for hydroxylation is 1. The maximum absolute atomic E-state index is 13.9. The van der Waals surface area contributed by atoms with E-state index in [4.69, 9.17) is 5.11 Å². The van der Waals surface area contributed by atoms with Crippen LogP contribution in [0.2, 0.25) is 0 Å². The molecule has 0 spiro atoms. The highest BCUT2D eigenvalue weighted by atomic mass is 19.1. The number of halogens is 1. The minimum atomic E-state index is -1.01. The quantitative estimate of drug-likeness (QED) is 0.871. The van der Waals surface area contributed by atoms with E-state index in [1.165, 1.54) is 6.07 Å². The fourth-order valence-corrected chi connectivity index (χ4v) is 2.98. The Morgan fingerprint density at radius 2 is 2.05 bits per heavy atom. The summed E-state index contributed by atoms with van der Waals surface area (Å²) in [5, 5.41) is 11.5. The minimum Gasteiger partial charge on any atom is -0.465 e. The van der Waals surface area contributed by atoms with Crippen LogP contribution in [0.3, 0.4) is 0 Å². The Hall–Kier alpha value is -2.36. The first-order valence-electron chi connectivity index (χ1n) is 7.02. The smallest absolute Gasteiger partial charge is 0.405 e. The molecule has 1 unspecified atom stereocenters. The van der Waals surface area contributed by atoms with E-state index in [0.29, 0.717) is 5.56 Å². The van der Waals surface area contributed by atoms with E-state index in [0.717, 1.165) is 36.0 Å². The van der Waals surface area contributed by atoms with Crippen molar-refractivity contribution in [1.29, 1.82) is 0 Å². The van der Waals surface area contributed by atoms with Crippen LogP contribution in [0.1, 0.15) is 30.0 Å². The van der Waals surface area contributed by atoms with Gasteiger partial charge in [0.15, 0.2) is 0 Å². The Morgan fingerprint density at radius 3 is 2.81 bits per heavy atom. The van der Waals surface area contributed by atoms with E-state index in [9.17, 15) is 9.18 Å². The van der Waals surface area contributed by atoms with E-state index < -0.39 is 6.09 Å². The van der Waals surface area contributed by atoms with Gasteiger partial charge in [-0.2, -0.15) is 0 Å². The molecular weight excluding hydrogens is 269 g/mol. The van der Waals surface area contributed by atoms with Crippen molar-refractivity contribution in [3.05, 3.63) is 59.4 Å². The lowest BCUT2D eigenvalue weighted by molar-refractivity contribution is 0.188. The van der Waals surface area contributed by atoms with Crippen molar-refractivity contribution in [3.8, 4) is 11.1 Å². The molecule has 0 aliphatic heterocycles. The third-order valence-corrected chi connectivity index (χ3v) is 3.94. The number of fused-ring (bicyclic) bond motifs is 1. The van der Waals surface area contributed by atoms with Crippen molar-refractivity contribution >= 4 is 6.09 Å². The Labute approximate surface area is 122 Å². The van der Waals surface area contributed by atoms with Gasteiger partial charge >= 0.3 is 6.09 Å². The zero-order valence-corrected chi connectivity index (χ0v) is 11.5. The largest absolute Gasteiger partial charge is 0.465 e. The number of rotatable bonds is 2. The highest BCUT2D eigenvalue weighted by Gasteiger charge is 2.22. The molecule has 2 N–H and O–H groups in total. The molecule has 2 aromatic rings. The van der Waals surface area contributed by atoms with Crippen molar-refractivity contribution in [1.82, 2.24) is 5.32 Å². The molecule has 0 aromatic heterocycles. The van der Waals surface area contributed by atoms with Crippen LogP contribution >= 0.6 is 0 Å². The number of benzene rings is 2. The van der Waals surface area contributed by atoms with Crippen molar-refractivity contribution in [3.63, 3.8) is 0 Å². The van der Waals surface area contributed by atoms with Gasteiger partial charge in [0.25, 0.3) is 0 Å². The maximum atomic E-state index is 13.9. The predicted molar refractivity (Wildman–Crippen MR) is 78.7 cm³/mol. The molecule has 0 radical (unpaired) electrons. The molecule has 1 aliphatic carbocycles. The molecule has 0 saturated heterocycles. The van der Waals surface area contributed by atoms with E-state index in [2.05, 4.69) is 5.32 Å². The van der Waals surface area contributed by atoms with Gasteiger partial charge in [0.2, 0.25) is 0 Å². The van der Waals surface area contributed by atoms with E-state index in [1.54, 1.807) is 12.1 Å². The summed E-state index contributed by atoms with van der Waals surface area (Å²) in [6.07, 6.45) is 1.62. The standard InChI is InChI=1S/C17H16FNO2/c18-15-6-2-1-5-13(15)12-8-9-14-11(10-12)4-3-7-16(14)19-17(20)21/h1-2,5-6,8-10,16,19H,3-4,7H2,(H,20,21). The second kappa shape index (κ2) is 5.56. The van der Waals surface area contributed by atoms with Crippen LogP contribution in [0.25, 0.3) is 11.1 Å². The Kier molecular flexibility index (Phi) is 3.60. The highest BCUT2D eigenvalue weighted by molar-refractivity contribution is 5.68. The molecule has 1 amide bonds. The average Bonchev–Trinajstić information content (AvgIpc) is 2.47. The fourth-order valence-electron chi connectivity index (χ4n) is 2.98. The second-order valence-corrected chi connectivity index (χ2v) is 5.29. The monoisotopic (exact) mass is 285 g/mol. The normalized spacial score (nSPS) is 17.1. The third kappa shape index (κ3) is 2.75. The molecule has 0 saturated carbocycles. The first-order valence-corrected chi connectivity index (χ1v) is 7.02. The number of carbonyl (C=O) groups is 1. The first kappa shape index (κ1) is 13.6. The SMILES string of the molecule is O=C(O)NC1CCCc2cc(-c3ccccc3F)ccc21. The number of hydrogen-bond donors (Lipinski definition) is 2. The summed E-state index contributed by atoms with van der Waals surface area (Å²) >= 11 is 0.